The third-order valence-electron chi connectivity index (χ3n) is 3.00. The molecule has 2 aromatic rings. The number of pyridine rings is 1. The van der Waals surface area contributed by atoms with Gasteiger partial charge in [-0.2, -0.15) is 0 Å². The van der Waals surface area contributed by atoms with Crippen molar-refractivity contribution in [3.05, 3.63) is 53.9 Å². The van der Waals surface area contributed by atoms with E-state index in [2.05, 4.69) is 31.1 Å². The minimum Gasteiger partial charge on any atom is -0.399 e. The molecule has 0 spiro atoms. The van der Waals surface area contributed by atoms with E-state index in [9.17, 15) is 4.79 Å². The summed E-state index contributed by atoms with van der Waals surface area (Å²) in [4.78, 5) is 16.3. The van der Waals surface area contributed by atoms with Gasteiger partial charge < -0.3 is 11.1 Å². The monoisotopic (exact) mass is 269 g/mol. The lowest BCUT2D eigenvalue weighted by Gasteiger charge is -2.22. The molecule has 0 saturated heterocycles. The third kappa shape index (κ3) is 3.15. The number of nitrogens with one attached hydrogen (secondary N) is 1. The van der Waals surface area contributed by atoms with E-state index in [1.54, 1.807) is 12.1 Å². The standard InChI is InChI=1S/C16H19N3O/c1-16(2,3)12-6-4-5-7-13(12)19-15(20)14-10-11(17)8-9-18-14/h4-10H,1-3H3,(H2,17,18)(H,19,20). The average molecular weight is 269 g/mol. The van der Waals surface area contributed by atoms with E-state index < -0.39 is 0 Å². The van der Waals surface area contributed by atoms with Crippen LogP contribution >= 0.6 is 0 Å². The lowest BCUT2D eigenvalue weighted by Crippen LogP contribution is -2.19. The molecular weight excluding hydrogens is 250 g/mol. The Labute approximate surface area is 119 Å². The van der Waals surface area contributed by atoms with Crippen LogP contribution in [0.1, 0.15) is 36.8 Å². The second kappa shape index (κ2) is 5.33. The summed E-state index contributed by atoms with van der Waals surface area (Å²) >= 11 is 0. The predicted molar refractivity (Wildman–Crippen MR) is 81.7 cm³/mol. The van der Waals surface area contributed by atoms with Crippen molar-refractivity contribution in [2.45, 2.75) is 26.2 Å². The molecule has 1 amide bonds. The Bertz CT molecular complexity index is 630. The smallest absolute Gasteiger partial charge is 0.274 e. The molecule has 1 heterocycles. The van der Waals surface area contributed by atoms with Crippen LogP contribution in [-0.4, -0.2) is 10.9 Å². The number of nitrogen functional groups attached to an aromatic ring is 1. The number of carbonyl (C=O) groups excluding carboxylic acids is 1. The molecule has 0 fully saturated rings. The summed E-state index contributed by atoms with van der Waals surface area (Å²) in [5.74, 6) is -0.256. The quantitative estimate of drug-likeness (QED) is 0.879. The molecule has 1 aromatic carbocycles. The number of carbonyl (C=O) groups is 1. The van der Waals surface area contributed by atoms with Crippen molar-refractivity contribution >= 4 is 17.3 Å². The summed E-state index contributed by atoms with van der Waals surface area (Å²) in [6.07, 6.45) is 1.53. The summed E-state index contributed by atoms with van der Waals surface area (Å²) in [5.41, 5.74) is 8.34. The van der Waals surface area contributed by atoms with Crippen LogP contribution in [0.15, 0.2) is 42.6 Å². The molecular formula is C16H19N3O. The van der Waals surface area contributed by atoms with Crippen LogP contribution < -0.4 is 11.1 Å². The molecule has 0 aliphatic rings. The number of amides is 1. The van der Waals surface area contributed by atoms with Crippen LogP contribution in [0.3, 0.4) is 0 Å². The number of benzene rings is 1. The van der Waals surface area contributed by atoms with E-state index in [0.717, 1.165) is 11.3 Å². The molecule has 104 valence electrons. The van der Waals surface area contributed by atoms with Gasteiger partial charge in [0.1, 0.15) is 5.69 Å². The van der Waals surface area contributed by atoms with Gasteiger partial charge in [0.15, 0.2) is 0 Å². The fourth-order valence-electron chi connectivity index (χ4n) is 2.00. The van der Waals surface area contributed by atoms with Crippen molar-refractivity contribution in [3.63, 3.8) is 0 Å². The van der Waals surface area contributed by atoms with Crippen molar-refractivity contribution in [1.82, 2.24) is 4.98 Å². The molecule has 2 rings (SSSR count). The van der Waals surface area contributed by atoms with Gasteiger partial charge in [-0.3, -0.25) is 9.78 Å². The Morgan fingerprint density at radius 1 is 1.20 bits per heavy atom. The lowest BCUT2D eigenvalue weighted by molar-refractivity contribution is 0.102. The highest BCUT2D eigenvalue weighted by Crippen LogP contribution is 2.29. The fourth-order valence-corrected chi connectivity index (χ4v) is 2.00. The number of nitrogens with zero attached hydrogens (tertiary/aromatic N) is 1. The molecule has 0 unspecified atom stereocenters. The van der Waals surface area contributed by atoms with Crippen LogP contribution in [0.2, 0.25) is 0 Å². The zero-order valence-electron chi connectivity index (χ0n) is 12.0. The second-order valence-electron chi connectivity index (χ2n) is 5.72. The van der Waals surface area contributed by atoms with Crippen molar-refractivity contribution < 1.29 is 4.79 Å². The number of anilines is 2. The predicted octanol–water partition coefficient (Wildman–Crippen LogP) is 3.21. The highest BCUT2D eigenvalue weighted by molar-refractivity contribution is 6.03. The molecule has 0 bridgehead atoms. The number of nitrogens with two attached hydrogens (primary N) is 1. The summed E-state index contributed by atoms with van der Waals surface area (Å²) in [6.45, 7) is 6.32. The highest BCUT2D eigenvalue weighted by atomic mass is 16.1. The first-order chi connectivity index (χ1) is 9.38. The van der Waals surface area contributed by atoms with Gasteiger partial charge in [0, 0.05) is 17.6 Å². The molecule has 1 aromatic heterocycles. The van der Waals surface area contributed by atoms with Crippen molar-refractivity contribution in [1.29, 1.82) is 0 Å². The summed E-state index contributed by atoms with van der Waals surface area (Å²) in [5, 5.41) is 2.90. The van der Waals surface area contributed by atoms with Crippen LogP contribution in [0, 0.1) is 0 Å². The van der Waals surface area contributed by atoms with Crippen molar-refractivity contribution in [3.8, 4) is 0 Å². The molecule has 20 heavy (non-hydrogen) atoms. The molecule has 4 heteroatoms. The normalized spacial score (nSPS) is 11.2. The molecule has 0 saturated carbocycles. The van der Waals surface area contributed by atoms with Gasteiger partial charge in [0.05, 0.1) is 0 Å². The van der Waals surface area contributed by atoms with E-state index in [0.29, 0.717) is 11.4 Å². The van der Waals surface area contributed by atoms with Gasteiger partial charge in [-0.1, -0.05) is 39.0 Å². The minimum atomic E-state index is -0.256. The van der Waals surface area contributed by atoms with Gasteiger partial charge in [0.2, 0.25) is 0 Å². The molecule has 0 radical (unpaired) electrons. The maximum atomic E-state index is 12.2. The van der Waals surface area contributed by atoms with E-state index in [4.69, 9.17) is 5.73 Å². The number of rotatable bonds is 2. The zero-order chi connectivity index (χ0) is 14.8. The SMILES string of the molecule is CC(C)(C)c1ccccc1NC(=O)c1cc(N)ccn1. The maximum Gasteiger partial charge on any atom is 0.274 e. The van der Waals surface area contributed by atoms with Crippen LogP contribution in [0.5, 0.6) is 0 Å². The Balaban J connectivity index is 2.29. The molecule has 0 aliphatic heterocycles. The number of hydrogen-bond donors (Lipinski definition) is 2. The summed E-state index contributed by atoms with van der Waals surface area (Å²) < 4.78 is 0. The highest BCUT2D eigenvalue weighted by Gasteiger charge is 2.19. The van der Waals surface area contributed by atoms with Gasteiger partial charge in [-0.05, 0) is 29.2 Å². The van der Waals surface area contributed by atoms with E-state index in [1.807, 2.05) is 24.3 Å². The molecule has 3 N–H and O–H groups in total. The number of aromatic nitrogens is 1. The first-order valence-corrected chi connectivity index (χ1v) is 6.50. The molecule has 0 aliphatic carbocycles. The topological polar surface area (TPSA) is 68.0 Å². The fraction of sp³-hybridized carbons (Fsp3) is 0.250. The van der Waals surface area contributed by atoms with Crippen LogP contribution in [-0.2, 0) is 5.41 Å². The molecule has 4 nitrogen and oxygen atoms in total. The first-order valence-electron chi connectivity index (χ1n) is 6.50. The van der Waals surface area contributed by atoms with Gasteiger partial charge in [-0.15, -0.1) is 0 Å². The van der Waals surface area contributed by atoms with Gasteiger partial charge in [0.25, 0.3) is 5.91 Å². The van der Waals surface area contributed by atoms with Crippen molar-refractivity contribution in [2.75, 3.05) is 11.1 Å². The molecule has 0 atom stereocenters. The van der Waals surface area contributed by atoms with Gasteiger partial charge >= 0.3 is 0 Å². The van der Waals surface area contributed by atoms with E-state index >= 15 is 0 Å². The summed E-state index contributed by atoms with van der Waals surface area (Å²) in [7, 11) is 0. The van der Waals surface area contributed by atoms with Crippen LogP contribution in [0.25, 0.3) is 0 Å². The Morgan fingerprint density at radius 3 is 2.55 bits per heavy atom. The Kier molecular flexibility index (Phi) is 3.74. The maximum absolute atomic E-state index is 12.2. The minimum absolute atomic E-state index is 0.0486. The van der Waals surface area contributed by atoms with Crippen LogP contribution in [0.4, 0.5) is 11.4 Å². The third-order valence-corrected chi connectivity index (χ3v) is 3.00. The number of hydrogen-bond acceptors (Lipinski definition) is 3. The first kappa shape index (κ1) is 14.1. The average Bonchev–Trinajstić information content (AvgIpc) is 2.38. The van der Waals surface area contributed by atoms with Gasteiger partial charge in [-0.25, -0.2) is 0 Å². The Morgan fingerprint density at radius 2 is 1.90 bits per heavy atom. The lowest BCUT2D eigenvalue weighted by atomic mass is 9.86. The second-order valence-corrected chi connectivity index (χ2v) is 5.72. The van der Waals surface area contributed by atoms with E-state index in [-0.39, 0.29) is 11.3 Å². The Hall–Kier alpha value is -2.36. The van der Waals surface area contributed by atoms with Crippen molar-refractivity contribution in [2.24, 2.45) is 0 Å². The van der Waals surface area contributed by atoms with E-state index in [1.165, 1.54) is 6.20 Å². The number of para-hydroxylation sites is 1. The largest absolute Gasteiger partial charge is 0.399 e. The summed E-state index contributed by atoms with van der Waals surface area (Å²) in [6, 6.07) is 11.0. The zero-order valence-corrected chi connectivity index (χ0v) is 12.0.